The molecule has 0 fully saturated rings. The summed E-state index contributed by atoms with van der Waals surface area (Å²) in [6, 6.07) is 8.01. The summed E-state index contributed by atoms with van der Waals surface area (Å²) in [5, 5.41) is 13.6. The summed E-state index contributed by atoms with van der Waals surface area (Å²) in [4.78, 5) is 0. The first kappa shape index (κ1) is 16.0. The number of ether oxygens (including phenoxy) is 1. The zero-order chi connectivity index (χ0) is 14.1. The van der Waals surface area contributed by atoms with Crippen molar-refractivity contribution in [3.05, 3.63) is 29.8 Å². The van der Waals surface area contributed by atoms with Gasteiger partial charge in [-0.2, -0.15) is 0 Å². The Bertz CT molecular complexity index is 362. The molecule has 3 heteroatoms. The van der Waals surface area contributed by atoms with Crippen molar-refractivity contribution >= 4 is 0 Å². The Labute approximate surface area is 117 Å². The van der Waals surface area contributed by atoms with Crippen LogP contribution in [0.2, 0.25) is 0 Å². The molecule has 1 aromatic rings. The summed E-state index contributed by atoms with van der Waals surface area (Å²) < 4.78 is 5.82. The molecule has 0 radical (unpaired) electrons. The lowest BCUT2D eigenvalue weighted by molar-refractivity contribution is -0.0116. The SMILES string of the molecule is CCCNCc1ccccc1OCC(O)(CC)CC. The van der Waals surface area contributed by atoms with Crippen LogP contribution in [0, 0.1) is 0 Å². The summed E-state index contributed by atoms with van der Waals surface area (Å²) in [6.45, 7) is 8.29. The Hall–Kier alpha value is -1.06. The van der Waals surface area contributed by atoms with Crippen LogP contribution in [-0.2, 0) is 6.54 Å². The number of aliphatic hydroxyl groups is 1. The molecular formula is C16H27NO2. The summed E-state index contributed by atoms with van der Waals surface area (Å²) >= 11 is 0. The molecule has 108 valence electrons. The molecule has 0 unspecified atom stereocenters. The number of hydrogen-bond acceptors (Lipinski definition) is 3. The molecule has 0 aliphatic rings. The van der Waals surface area contributed by atoms with Gasteiger partial charge in [-0.1, -0.05) is 39.0 Å². The smallest absolute Gasteiger partial charge is 0.123 e. The fraction of sp³-hybridized carbons (Fsp3) is 0.625. The molecule has 0 amide bonds. The van der Waals surface area contributed by atoms with E-state index in [1.165, 1.54) is 0 Å². The van der Waals surface area contributed by atoms with Crippen molar-refractivity contribution in [1.29, 1.82) is 0 Å². The van der Waals surface area contributed by atoms with E-state index in [1.807, 2.05) is 32.0 Å². The maximum absolute atomic E-state index is 10.3. The number of nitrogens with one attached hydrogen (secondary N) is 1. The normalized spacial score (nSPS) is 11.6. The van der Waals surface area contributed by atoms with Crippen LogP contribution in [0.15, 0.2) is 24.3 Å². The molecule has 0 aromatic heterocycles. The van der Waals surface area contributed by atoms with Gasteiger partial charge in [0, 0.05) is 12.1 Å². The lowest BCUT2D eigenvalue weighted by atomic mass is 9.99. The van der Waals surface area contributed by atoms with E-state index in [9.17, 15) is 5.11 Å². The molecule has 19 heavy (non-hydrogen) atoms. The van der Waals surface area contributed by atoms with Crippen LogP contribution < -0.4 is 10.1 Å². The van der Waals surface area contributed by atoms with Crippen LogP contribution in [0.1, 0.15) is 45.6 Å². The highest BCUT2D eigenvalue weighted by molar-refractivity contribution is 5.33. The molecule has 0 aliphatic carbocycles. The Balaban J connectivity index is 2.62. The average Bonchev–Trinajstić information content (AvgIpc) is 2.46. The summed E-state index contributed by atoms with van der Waals surface area (Å²) in [5.74, 6) is 0.867. The molecule has 0 bridgehead atoms. The van der Waals surface area contributed by atoms with E-state index in [1.54, 1.807) is 0 Å². The van der Waals surface area contributed by atoms with E-state index >= 15 is 0 Å². The minimum Gasteiger partial charge on any atom is -0.490 e. The largest absolute Gasteiger partial charge is 0.490 e. The summed E-state index contributed by atoms with van der Waals surface area (Å²) in [6.07, 6.45) is 2.54. The van der Waals surface area contributed by atoms with Gasteiger partial charge in [-0.05, 0) is 31.9 Å². The van der Waals surface area contributed by atoms with Crippen molar-refractivity contribution in [3.8, 4) is 5.75 Å². The summed E-state index contributed by atoms with van der Waals surface area (Å²) in [5.41, 5.74) is 0.426. The third-order valence-corrected chi connectivity index (χ3v) is 3.53. The van der Waals surface area contributed by atoms with Crippen molar-refractivity contribution < 1.29 is 9.84 Å². The van der Waals surface area contributed by atoms with E-state index in [0.717, 1.165) is 30.8 Å². The lowest BCUT2D eigenvalue weighted by Gasteiger charge is -2.25. The quantitative estimate of drug-likeness (QED) is 0.674. The van der Waals surface area contributed by atoms with Gasteiger partial charge in [-0.25, -0.2) is 0 Å². The van der Waals surface area contributed by atoms with Crippen molar-refractivity contribution in [2.75, 3.05) is 13.2 Å². The van der Waals surface area contributed by atoms with Gasteiger partial charge in [-0.3, -0.25) is 0 Å². The Morgan fingerprint density at radius 1 is 1.16 bits per heavy atom. The molecule has 0 heterocycles. The Morgan fingerprint density at radius 2 is 1.84 bits per heavy atom. The second kappa shape index (κ2) is 8.18. The van der Waals surface area contributed by atoms with Gasteiger partial charge < -0.3 is 15.2 Å². The van der Waals surface area contributed by atoms with Crippen LogP contribution >= 0.6 is 0 Å². The lowest BCUT2D eigenvalue weighted by Crippen LogP contribution is -2.34. The number of rotatable bonds is 9. The maximum Gasteiger partial charge on any atom is 0.123 e. The average molecular weight is 265 g/mol. The van der Waals surface area contributed by atoms with Crippen LogP contribution in [0.5, 0.6) is 5.75 Å². The number of benzene rings is 1. The zero-order valence-electron chi connectivity index (χ0n) is 12.4. The van der Waals surface area contributed by atoms with Crippen LogP contribution in [0.25, 0.3) is 0 Å². The highest BCUT2D eigenvalue weighted by Gasteiger charge is 2.23. The first-order valence-corrected chi connectivity index (χ1v) is 7.29. The highest BCUT2D eigenvalue weighted by atomic mass is 16.5. The van der Waals surface area contributed by atoms with Crippen molar-refractivity contribution in [3.63, 3.8) is 0 Å². The van der Waals surface area contributed by atoms with Crippen LogP contribution in [0.3, 0.4) is 0 Å². The van der Waals surface area contributed by atoms with Crippen molar-refractivity contribution in [1.82, 2.24) is 5.32 Å². The molecule has 3 nitrogen and oxygen atoms in total. The maximum atomic E-state index is 10.3. The standard InChI is InChI=1S/C16H27NO2/c1-4-11-17-12-14-9-7-8-10-15(14)19-13-16(18,5-2)6-3/h7-10,17-18H,4-6,11-13H2,1-3H3. The highest BCUT2D eigenvalue weighted by Crippen LogP contribution is 2.21. The summed E-state index contributed by atoms with van der Waals surface area (Å²) in [7, 11) is 0. The molecule has 0 saturated heterocycles. The molecule has 1 aromatic carbocycles. The molecule has 0 saturated carbocycles. The Kier molecular flexibility index (Phi) is 6.89. The van der Waals surface area contributed by atoms with E-state index < -0.39 is 5.60 Å². The third kappa shape index (κ3) is 5.21. The van der Waals surface area contributed by atoms with E-state index in [2.05, 4.69) is 18.3 Å². The molecule has 1 rings (SSSR count). The second-order valence-corrected chi connectivity index (χ2v) is 5.00. The van der Waals surface area contributed by atoms with Crippen molar-refractivity contribution in [2.45, 2.75) is 52.2 Å². The van der Waals surface area contributed by atoms with Crippen LogP contribution in [-0.4, -0.2) is 23.9 Å². The zero-order valence-corrected chi connectivity index (χ0v) is 12.4. The van der Waals surface area contributed by atoms with Gasteiger partial charge in [0.25, 0.3) is 0 Å². The molecule has 0 atom stereocenters. The number of para-hydroxylation sites is 1. The van der Waals surface area contributed by atoms with E-state index in [4.69, 9.17) is 4.74 Å². The monoisotopic (exact) mass is 265 g/mol. The first-order chi connectivity index (χ1) is 9.15. The predicted octanol–water partition coefficient (Wildman–Crippen LogP) is 3.12. The fourth-order valence-corrected chi connectivity index (χ4v) is 1.86. The van der Waals surface area contributed by atoms with Gasteiger partial charge in [0.05, 0.1) is 5.60 Å². The van der Waals surface area contributed by atoms with E-state index in [-0.39, 0.29) is 0 Å². The van der Waals surface area contributed by atoms with Gasteiger partial charge in [0.1, 0.15) is 12.4 Å². The van der Waals surface area contributed by atoms with Gasteiger partial charge in [0.15, 0.2) is 0 Å². The van der Waals surface area contributed by atoms with Gasteiger partial charge >= 0.3 is 0 Å². The molecule has 2 N–H and O–H groups in total. The molecular weight excluding hydrogens is 238 g/mol. The third-order valence-electron chi connectivity index (χ3n) is 3.53. The van der Waals surface area contributed by atoms with Gasteiger partial charge in [-0.15, -0.1) is 0 Å². The fourth-order valence-electron chi connectivity index (χ4n) is 1.86. The predicted molar refractivity (Wildman–Crippen MR) is 79.5 cm³/mol. The minimum absolute atomic E-state index is 0.352. The molecule has 0 aliphatic heterocycles. The Morgan fingerprint density at radius 3 is 2.47 bits per heavy atom. The minimum atomic E-state index is -0.718. The van der Waals surface area contributed by atoms with Gasteiger partial charge in [0.2, 0.25) is 0 Å². The van der Waals surface area contributed by atoms with Crippen molar-refractivity contribution in [2.24, 2.45) is 0 Å². The molecule has 0 spiro atoms. The number of hydrogen-bond donors (Lipinski definition) is 2. The topological polar surface area (TPSA) is 41.5 Å². The van der Waals surface area contributed by atoms with Crippen LogP contribution in [0.4, 0.5) is 0 Å². The van der Waals surface area contributed by atoms with E-state index in [0.29, 0.717) is 19.4 Å². The first-order valence-electron chi connectivity index (χ1n) is 7.29. The second-order valence-electron chi connectivity index (χ2n) is 5.00.